The molecule has 1 heterocycles. The van der Waals surface area contributed by atoms with Crippen LogP contribution >= 0.6 is 0 Å². The van der Waals surface area contributed by atoms with Crippen molar-refractivity contribution in [2.75, 3.05) is 18.5 Å². The zero-order valence-electron chi connectivity index (χ0n) is 14.1. The van der Waals surface area contributed by atoms with Crippen molar-refractivity contribution in [1.82, 2.24) is 9.97 Å². The van der Waals surface area contributed by atoms with E-state index in [0.29, 0.717) is 34.9 Å². The lowest BCUT2D eigenvalue weighted by Crippen LogP contribution is -2.04. The zero-order chi connectivity index (χ0) is 18.5. The normalized spacial score (nSPS) is 10.7. The largest absolute Gasteiger partial charge is 0.491 e. The van der Waals surface area contributed by atoms with Crippen molar-refractivity contribution in [3.8, 4) is 5.75 Å². The molecule has 0 aliphatic carbocycles. The molecule has 3 aromatic rings. The molecule has 134 valence electrons. The van der Waals surface area contributed by atoms with E-state index in [0.717, 1.165) is 10.9 Å². The highest BCUT2D eigenvalue weighted by molar-refractivity contribution is 7.47. The van der Waals surface area contributed by atoms with Crippen LogP contribution in [0.15, 0.2) is 41.0 Å². The molecule has 0 bridgehead atoms. The van der Waals surface area contributed by atoms with Crippen LogP contribution in [0.25, 0.3) is 10.9 Å². The number of aliphatic hydroxyl groups excluding tert-OH is 1. The summed E-state index contributed by atoms with van der Waals surface area (Å²) in [6.45, 7) is 2.20. The van der Waals surface area contributed by atoms with Gasteiger partial charge in [-0.1, -0.05) is 0 Å². The van der Waals surface area contributed by atoms with E-state index < -0.39 is 5.82 Å². The summed E-state index contributed by atoms with van der Waals surface area (Å²) < 4.78 is 22.9. The Bertz CT molecular complexity index is 952. The Hall–Kier alpha value is -2.71. The number of hydrogen-bond acceptors (Lipinski definition) is 7. The predicted molar refractivity (Wildman–Crippen MR) is 101 cm³/mol. The van der Waals surface area contributed by atoms with Crippen molar-refractivity contribution in [1.29, 1.82) is 0 Å². The Balaban J connectivity index is 2.00. The molecule has 0 atom stereocenters. The second kappa shape index (κ2) is 8.11. The molecule has 1 aromatic heterocycles. The van der Waals surface area contributed by atoms with Crippen LogP contribution in [0.3, 0.4) is 0 Å². The van der Waals surface area contributed by atoms with Gasteiger partial charge < -0.3 is 15.2 Å². The maximum absolute atomic E-state index is 13.6. The van der Waals surface area contributed by atoms with Gasteiger partial charge in [0.15, 0.2) is 0 Å². The van der Waals surface area contributed by atoms with Crippen LogP contribution < -0.4 is 10.1 Å². The molecule has 0 saturated carbocycles. The van der Waals surface area contributed by atoms with Crippen LogP contribution in [-0.2, 0) is 12.4 Å². The highest BCUT2D eigenvalue weighted by atomic mass is 32.1. The number of rotatable bonds is 7. The summed E-state index contributed by atoms with van der Waals surface area (Å²) in [5.41, 5.74) is 2.85. The Morgan fingerprint density at radius 1 is 1.27 bits per heavy atom. The molecule has 26 heavy (non-hydrogen) atoms. The predicted octanol–water partition coefficient (Wildman–Crippen LogP) is 3.94. The van der Waals surface area contributed by atoms with Crippen molar-refractivity contribution in [2.24, 2.45) is 4.36 Å². The van der Waals surface area contributed by atoms with E-state index in [4.69, 9.17) is 22.3 Å². The minimum Gasteiger partial charge on any atom is -0.491 e. The third kappa shape index (κ3) is 3.92. The fourth-order valence-electron chi connectivity index (χ4n) is 2.61. The van der Waals surface area contributed by atoms with Gasteiger partial charge in [-0.05, 0) is 36.8 Å². The molecule has 0 saturated heterocycles. The lowest BCUT2D eigenvalue weighted by Gasteiger charge is -2.15. The quantitative estimate of drug-likeness (QED) is 0.612. The summed E-state index contributed by atoms with van der Waals surface area (Å²) in [4.78, 5) is 8.58. The molecular weight excluding hydrogens is 355 g/mol. The number of aryl methyl sites for hydroxylation is 1. The van der Waals surface area contributed by atoms with Crippen LogP contribution in [0.5, 0.6) is 5.75 Å². The Labute approximate surface area is 155 Å². The average molecular weight is 372 g/mol. The van der Waals surface area contributed by atoms with Gasteiger partial charge in [0, 0.05) is 36.9 Å². The number of aromatic nitrogens is 2. The highest BCUT2D eigenvalue weighted by Crippen LogP contribution is 2.33. The van der Waals surface area contributed by atoms with E-state index in [1.54, 1.807) is 12.1 Å². The summed E-state index contributed by atoms with van der Waals surface area (Å²) in [7, 11) is 0. The first kappa shape index (κ1) is 18.1. The van der Waals surface area contributed by atoms with Crippen LogP contribution in [0.2, 0.25) is 0 Å². The third-order valence-electron chi connectivity index (χ3n) is 3.78. The molecule has 0 amide bonds. The van der Waals surface area contributed by atoms with E-state index in [-0.39, 0.29) is 13.2 Å². The van der Waals surface area contributed by atoms with Gasteiger partial charge in [-0.3, -0.25) is 0 Å². The molecule has 3 rings (SSSR count). The van der Waals surface area contributed by atoms with Crippen molar-refractivity contribution >= 4 is 40.5 Å². The SMILES string of the molecule is Cc1cc(N=S)cc2ncnc(Nc3ccc(F)cc3OCCCO)c12. The molecule has 0 radical (unpaired) electrons. The van der Waals surface area contributed by atoms with Crippen molar-refractivity contribution in [2.45, 2.75) is 13.3 Å². The third-order valence-corrected chi connectivity index (χ3v) is 3.99. The summed E-state index contributed by atoms with van der Waals surface area (Å²) in [6.07, 6.45) is 1.89. The monoisotopic (exact) mass is 372 g/mol. The van der Waals surface area contributed by atoms with Gasteiger partial charge >= 0.3 is 0 Å². The molecule has 8 heteroatoms. The van der Waals surface area contributed by atoms with Gasteiger partial charge in [-0.25, -0.2) is 14.4 Å². The Kier molecular flexibility index (Phi) is 5.65. The van der Waals surface area contributed by atoms with E-state index in [9.17, 15) is 4.39 Å². The first-order valence-electron chi connectivity index (χ1n) is 8.01. The summed E-state index contributed by atoms with van der Waals surface area (Å²) in [5.74, 6) is 0.511. The number of nitrogens with one attached hydrogen (secondary N) is 1. The molecule has 0 fully saturated rings. The summed E-state index contributed by atoms with van der Waals surface area (Å²) in [6, 6.07) is 7.86. The number of anilines is 2. The maximum atomic E-state index is 13.6. The van der Waals surface area contributed by atoms with E-state index in [2.05, 4.69) is 19.6 Å². The van der Waals surface area contributed by atoms with Crippen LogP contribution in [0, 0.1) is 12.7 Å². The number of benzene rings is 2. The van der Waals surface area contributed by atoms with Crippen LogP contribution in [0.4, 0.5) is 21.6 Å². The standard InChI is InChI=1S/C18H17FN4O2S/c1-11-7-13(23-26)9-15-17(11)18(21-10-20-15)22-14-4-3-12(19)8-16(14)25-6-2-5-24/h3-4,7-10,24H,2,5-6H2,1H3,(H,20,21,22). The lowest BCUT2D eigenvalue weighted by atomic mass is 10.1. The van der Waals surface area contributed by atoms with E-state index in [1.165, 1.54) is 18.5 Å². The fourth-order valence-corrected chi connectivity index (χ4v) is 2.72. The second-order valence-electron chi connectivity index (χ2n) is 5.66. The van der Waals surface area contributed by atoms with Gasteiger partial charge in [0.05, 0.1) is 23.5 Å². The zero-order valence-corrected chi connectivity index (χ0v) is 14.9. The van der Waals surface area contributed by atoms with Gasteiger partial charge in [-0.2, -0.15) is 4.36 Å². The van der Waals surface area contributed by atoms with Gasteiger partial charge in [-0.15, -0.1) is 0 Å². The number of fused-ring (bicyclic) bond motifs is 1. The molecule has 0 spiro atoms. The van der Waals surface area contributed by atoms with Crippen molar-refractivity contribution in [3.63, 3.8) is 0 Å². The van der Waals surface area contributed by atoms with Gasteiger partial charge in [0.2, 0.25) is 0 Å². The first-order chi connectivity index (χ1) is 12.6. The minimum absolute atomic E-state index is 0.00403. The number of aliphatic hydroxyl groups is 1. The number of hydrogen-bond donors (Lipinski definition) is 2. The fraction of sp³-hybridized carbons (Fsp3) is 0.222. The Morgan fingerprint density at radius 2 is 2.12 bits per heavy atom. The van der Waals surface area contributed by atoms with E-state index in [1.807, 2.05) is 13.0 Å². The highest BCUT2D eigenvalue weighted by Gasteiger charge is 2.12. The minimum atomic E-state index is -0.407. The molecule has 0 aliphatic heterocycles. The molecule has 6 nitrogen and oxygen atoms in total. The van der Waals surface area contributed by atoms with Gasteiger partial charge in [0.25, 0.3) is 0 Å². The molecule has 0 unspecified atom stereocenters. The molecule has 0 aliphatic rings. The molecule has 2 aromatic carbocycles. The molecular formula is C18H17FN4O2S. The Morgan fingerprint density at radius 3 is 2.88 bits per heavy atom. The first-order valence-corrected chi connectivity index (χ1v) is 8.38. The van der Waals surface area contributed by atoms with Crippen LogP contribution in [0.1, 0.15) is 12.0 Å². The number of nitrogens with zero attached hydrogens (tertiary/aromatic N) is 3. The van der Waals surface area contributed by atoms with Crippen LogP contribution in [-0.4, -0.2) is 28.3 Å². The van der Waals surface area contributed by atoms with E-state index >= 15 is 0 Å². The maximum Gasteiger partial charge on any atom is 0.145 e. The average Bonchev–Trinajstić information content (AvgIpc) is 2.63. The lowest BCUT2D eigenvalue weighted by molar-refractivity contribution is 0.234. The topological polar surface area (TPSA) is 79.6 Å². The second-order valence-corrected chi connectivity index (χ2v) is 5.84. The number of ether oxygens (including phenoxy) is 1. The van der Waals surface area contributed by atoms with Crippen molar-refractivity contribution in [3.05, 3.63) is 48.0 Å². The summed E-state index contributed by atoms with van der Waals surface area (Å²) >= 11 is 4.75. The van der Waals surface area contributed by atoms with Gasteiger partial charge in [0.1, 0.15) is 23.7 Å². The molecule has 2 N–H and O–H groups in total. The van der Waals surface area contributed by atoms with Crippen molar-refractivity contribution < 1.29 is 14.2 Å². The summed E-state index contributed by atoms with van der Waals surface area (Å²) in [5, 5.41) is 12.9. The smallest absolute Gasteiger partial charge is 0.145 e. The number of halogens is 1.